The molecule has 0 radical (unpaired) electrons. The summed E-state index contributed by atoms with van der Waals surface area (Å²) in [5.74, 6) is 0.169. The van der Waals surface area contributed by atoms with Gasteiger partial charge in [-0.1, -0.05) is 53.5 Å². The number of nitrogens with one attached hydrogen (secondary N) is 2. The van der Waals surface area contributed by atoms with E-state index in [2.05, 4.69) is 30.3 Å². The van der Waals surface area contributed by atoms with Crippen molar-refractivity contribution in [3.05, 3.63) is 63.6 Å². The minimum atomic E-state index is 0.169. The third kappa shape index (κ3) is 4.39. The van der Waals surface area contributed by atoms with E-state index >= 15 is 0 Å². The van der Waals surface area contributed by atoms with Crippen LogP contribution in [-0.2, 0) is 13.1 Å². The first-order valence-corrected chi connectivity index (χ1v) is 8.75. The third-order valence-electron chi connectivity index (χ3n) is 4.51. The van der Waals surface area contributed by atoms with Crippen LogP contribution in [0, 0.1) is 0 Å². The lowest BCUT2D eigenvalue weighted by atomic mass is 10.1. The molecule has 1 saturated heterocycles. The van der Waals surface area contributed by atoms with Crippen LogP contribution in [0.15, 0.2) is 42.5 Å². The molecule has 3 N–H and O–H groups in total. The third-order valence-corrected chi connectivity index (χ3v) is 5.02. The van der Waals surface area contributed by atoms with Crippen LogP contribution in [0.2, 0.25) is 10.0 Å². The quantitative estimate of drug-likeness (QED) is 0.757. The minimum Gasteiger partial charge on any atom is -0.506 e. The predicted octanol–water partition coefficient (Wildman–Crippen LogP) is 1.18. The van der Waals surface area contributed by atoms with Crippen LogP contribution in [0.4, 0.5) is 0 Å². The molecule has 0 atom stereocenters. The number of phenolic OH excluding ortho intramolecular Hbond substituents is 1. The lowest BCUT2D eigenvalue weighted by molar-refractivity contribution is -1.02. The Morgan fingerprint density at radius 2 is 1.48 bits per heavy atom. The van der Waals surface area contributed by atoms with Gasteiger partial charge in [-0.25, -0.2) is 0 Å². The zero-order valence-electron chi connectivity index (χ0n) is 13.0. The van der Waals surface area contributed by atoms with Crippen LogP contribution in [0.1, 0.15) is 11.1 Å². The monoisotopic (exact) mass is 352 g/mol. The van der Waals surface area contributed by atoms with Gasteiger partial charge in [0.25, 0.3) is 0 Å². The van der Waals surface area contributed by atoms with Crippen molar-refractivity contribution in [1.82, 2.24) is 0 Å². The number of halogens is 2. The van der Waals surface area contributed by atoms with Crippen LogP contribution in [0.5, 0.6) is 5.75 Å². The summed E-state index contributed by atoms with van der Waals surface area (Å²) in [6.07, 6.45) is 0. The lowest BCUT2D eigenvalue weighted by Crippen LogP contribution is -3.27. The van der Waals surface area contributed by atoms with E-state index in [1.807, 2.05) is 6.07 Å². The second kappa shape index (κ2) is 7.54. The van der Waals surface area contributed by atoms with Crippen LogP contribution in [0.25, 0.3) is 0 Å². The van der Waals surface area contributed by atoms with Crippen LogP contribution >= 0.6 is 23.2 Å². The molecular weight excluding hydrogens is 331 g/mol. The summed E-state index contributed by atoms with van der Waals surface area (Å²) < 4.78 is 0. The molecule has 0 saturated carbocycles. The maximum Gasteiger partial charge on any atom is 0.143 e. The van der Waals surface area contributed by atoms with E-state index in [-0.39, 0.29) is 5.75 Å². The Morgan fingerprint density at radius 1 is 0.870 bits per heavy atom. The highest BCUT2D eigenvalue weighted by Crippen LogP contribution is 2.30. The average molecular weight is 353 g/mol. The largest absolute Gasteiger partial charge is 0.506 e. The molecule has 1 heterocycles. The fraction of sp³-hybridized carbons (Fsp3) is 0.333. The van der Waals surface area contributed by atoms with Gasteiger partial charge in [-0.3, -0.25) is 0 Å². The highest BCUT2D eigenvalue weighted by Gasteiger charge is 2.24. The molecule has 0 aliphatic carbocycles. The van der Waals surface area contributed by atoms with Gasteiger partial charge in [0, 0.05) is 10.6 Å². The van der Waals surface area contributed by atoms with Gasteiger partial charge >= 0.3 is 0 Å². The Balaban J connectivity index is 1.55. The molecule has 0 spiro atoms. The first-order chi connectivity index (χ1) is 11.1. The first-order valence-electron chi connectivity index (χ1n) is 8.00. The SMILES string of the molecule is Oc1c(Cl)cc(Cl)cc1C[NH+]1CC[NH+](Cc2ccccc2)CC1. The number of phenols is 1. The van der Waals surface area contributed by atoms with E-state index in [0.717, 1.165) is 44.8 Å². The van der Waals surface area contributed by atoms with Crippen molar-refractivity contribution in [3.63, 3.8) is 0 Å². The molecule has 3 nitrogen and oxygen atoms in total. The molecule has 3 rings (SSSR count). The normalized spacial score (nSPS) is 21.3. The fourth-order valence-corrected chi connectivity index (χ4v) is 3.75. The molecule has 1 fully saturated rings. The summed E-state index contributed by atoms with van der Waals surface area (Å²) in [6.45, 7) is 6.31. The van der Waals surface area contributed by atoms with Gasteiger partial charge in [-0.2, -0.15) is 0 Å². The van der Waals surface area contributed by atoms with Crippen molar-refractivity contribution in [1.29, 1.82) is 0 Å². The molecule has 1 aliphatic heterocycles. The summed E-state index contributed by atoms with van der Waals surface area (Å²) in [5, 5.41) is 11.0. The van der Waals surface area contributed by atoms with Crippen LogP contribution in [-0.4, -0.2) is 31.3 Å². The van der Waals surface area contributed by atoms with E-state index in [0.29, 0.717) is 10.0 Å². The highest BCUT2D eigenvalue weighted by atomic mass is 35.5. The first kappa shape index (κ1) is 16.6. The van der Waals surface area contributed by atoms with Crippen LogP contribution in [0.3, 0.4) is 0 Å². The van der Waals surface area contributed by atoms with Gasteiger partial charge in [-0.05, 0) is 12.1 Å². The zero-order chi connectivity index (χ0) is 16.2. The summed E-state index contributed by atoms with van der Waals surface area (Å²) in [4.78, 5) is 3.09. The average Bonchev–Trinajstić information content (AvgIpc) is 2.55. The molecule has 0 unspecified atom stereocenters. The molecule has 2 aromatic rings. The molecule has 122 valence electrons. The second-order valence-electron chi connectivity index (χ2n) is 6.23. The van der Waals surface area contributed by atoms with Crippen LogP contribution < -0.4 is 9.80 Å². The number of rotatable bonds is 4. The summed E-state index contributed by atoms with van der Waals surface area (Å²) in [6, 6.07) is 14.0. The number of hydrogen-bond acceptors (Lipinski definition) is 1. The number of aromatic hydroxyl groups is 1. The van der Waals surface area contributed by atoms with Gasteiger partial charge in [0.05, 0.1) is 10.6 Å². The molecule has 5 heteroatoms. The Morgan fingerprint density at radius 3 is 2.13 bits per heavy atom. The second-order valence-corrected chi connectivity index (χ2v) is 7.08. The van der Waals surface area contributed by atoms with E-state index in [1.54, 1.807) is 11.0 Å². The van der Waals surface area contributed by atoms with Gasteiger partial charge in [0.2, 0.25) is 0 Å². The smallest absolute Gasteiger partial charge is 0.143 e. The van der Waals surface area contributed by atoms with Crippen molar-refractivity contribution in [2.24, 2.45) is 0 Å². The van der Waals surface area contributed by atoms with E-state index in [4.69, 9.17) is 23.2 Å². The number of piperazine rings is 1. The molecular formula is C18H22Cl2N2O+2. The number of quaternary nitrogens is 2. The summed E-state index contributed by atoms with van der Waals surface area (Å²) >= 11 is 12.0. The standard InChI is InChI=1S/C18H20Cl2N2O/c19-16-10-15(18(23)17(20)11-16)13-22-8-6-21(7-9-22)12-14-4-2-1-3-5-14/h1-5,10-11,23H,6-9,12-13H2/p+2. The van der Waals surface area contributed by atoms with E-state index in [1.165, 1.54) is 10.5 Å². The summed E-state index contributed by atoms with van der Waals surface area (Å²) in [7, 11) is 0. The van der Waals surface area contributed by atoms with Crippen molar-refractivity contribution < 1.29 is 14.9 Å². The highest BCUT2D eigenvalue weighted by molar-refractivity contribution is 6.35. The van der Waals surface area contributed by atoms with Crippen molar-refractivity contribution in [3.8, 4) is 5.75 Å². The summed E-state index contributed by atoms with van der Waals surface area (Å²) in [5.41, 5.74) is 2.23. The molecule has 0 aromatic heterocycles. The maximum atomic E-state index is 10.1. The van der Waals surface area contributed by atoms with Gasteiger partial charge < -0.3 is 14.9 Å². The molecule has 2 aromatic carbocycles. The van der Waals surface area contributed by atoms with E-state index in [9.17, 15) is 5.11 Å². The van der Waals surface area contributed by atoms with Crippen molar-refractivity contribution >= 4 is 23.2 Å². The van der Waals surface area contributed by atoms with Gasteiger partial charge in [-0.15, -0.1) is 0 Å². The number of benzene rings is 2. The molecule has 1 aliphatic rings. The Kier molecular flexibility index (Phi) is 5.44. The maximum absolute atomic E-state index is 10.1. The minimum absolute atomic E-state index is 0.169. The Labute approximate surface area is 147 Å². The zero-order valence-corrected chi connectivity index (χ0v) is 14.5. The Hall–Kier alpha value is -1.26. The van der Waals surface area contributed by atoms with Gasteiger partial charge in [0.15, 0.2) is 0 Å². The molecule has 0 bridgehead atoms. The van der Waals surface area contributed by atoms with Gasteiger partial charge in [0.1, 0.15) is 45.0 Å². The molecule has 23 heavy (non-hydrogen) atoms. The van der Waals surface area contributed by atoms with Crippen molar-refractivity contribution in [2.45, 2.75) is 13.1 Å². The Bertz CT molecular complexity index is 656. The topological polar surface area (TPSA) is 29.1 Å². The fourth-order valence-electron chi connectivity index (χ4n) is 3.22. The lowest BCUT2D eigenvalue weighted by Gasteiger charge is -2.30. The number of hydrogen-bond donors (Lipinski definition) is 3. The predicted molar refractivity (Wildman–Crippen MR) is 93.4 cm³/mol. The molecule has 0 amide bonds. The van der Waals surface area contributed by atoms with Crippen molar-refractivity contribution in [2.75, 3.05) is 26.2 Å². The van der Waals surface area contributed by atoms with E-state index < -0.39 is 0 Å².